The number of amides is 1. The molecule has 0 spiro atoms. The second kappa shape index (κ2) is 8.91. The van der Waals surface area contributed by atoms with Gasteiger partial charge in [0.2, 0.25) is 0 Å². The lowest BCUT2D eigenvalue weighted by molar-refractivity contribution is 0.0947. The van der Waals surface area contributed by atoms with E-state index in [1.807, 2.05) is 17.7 Å². The van der Waals surface area contributed by atoms with E-state index in [1.165, 1.54) is 11.3 Å². The Hall–Kier alpha value is -1.15. The lowest BCUT2D eigenvalue weighted by Gasteiger charge is -2.05. The molecule has 0 aliphatic rings. The predicted octanol–water partition coefficient (Wildman–Crippen LogP) is 1.38. The van der Waals surface area contributed by atoms with E-state index in [2.05, 4.69) is 15.3 Å². The summed E-state index contributed by atoms with van der Waals surface area (Å²) in [7, 11) is 0. The third kappa shape index (κ3) is 4.75. The van der Waals surface area contributed by atoms with Crippen LogP contribution in [0.1, 0.15) is 21.3 Å². The standard InChI is InChI=1S/C11H15N5OS.2ClH/c1-8-13-2-4-16(8)5-3-14-11(17)9-7-18-10(6-12)15-9;;/h2,4,7H,3,5-6,12H2,1H3,(H,14,17);2*1H. The first kappa shape index (κ1) is 18.9. The van der Waals surface area contributed by atoms with Crippen LogP contribution in [0.2, 0.25) is 0 Å². The van der Waals surface area contributed by atoms with Crippen molar-refractivity contribution in [2.24, 2.45) is 5.73 Å². The second-order valence-electron chi connectivity index (χ2n) is 3.75. The summed E-state index contributed by atoms with van der Waals surface area (Å²) in [6.45, 7) is 3.54. The van der Waals surface area contributed by atoms with Crippen LogP contribution in [0.15, 0.2) is 17.8 Å². The molecular weight excluding hydrogens is 321 g/mol. The minimum Gasteiger partial charge on any atom is -0.349 e. The van der Waals surface area contributed by atoms with Crippen molar-refractivity contribution in [1.29, 1.82) is 0 Å². The quantitative estimate of drug-likeness (QED) is 0.862. The Bertz CT molecular complexity index is 542. The number of nitrogens with one attached hydrogen (secondary N) is 1. The average Bonchev–Trinajstić information content (AvgIpc) is 2.98. The van der Waals surface area contributed by atoms with Crippen LogP contribution in [-0.4, -0.2) is 27.0 Å². The fraction of sp³-hybridized carbons (Fsp3) is 0.364. The summed E-state index contributed by atoms with van der Waals surface area (Å²) in [5.74, 6) is 0.770. The zero-order valence-corrected chi connectivity index (χ0v) is 13.4. The number of nitrogens with two attached hydrogens (primary N) is 1. The van der Waals surface area contributed by atoms with Crippen LogP contribution in [0.4, 0.5) is 0 Å². The van der Waals surface area contributed by atoms with Crippen molar-refractivity contribution in [2.75, 3.05) is 6.54 Å². The van der Waals surface area contributed by atoms with Gasteiger partial charge in [-0.15, -0.1) is 36.2 Å². The van der Waals surface area contributed by atoms with Crippen molar-refractivity contribution in [3.63, 3.8) is 0 Å². The molecule has 0 saturated carbocycles. The van der Waals surface area contributed by atoms with E-state index >= 15 is 0 Å². The molecule has 0 unspecified atom stereocenters. The van der Waals surface area contributed by atoms with Gasteiger partial charge in [-0.05, 0) is 6.92 Å². The smallest absolute Gasteiger partial charge is 0.270 e. The summed E-state index contributed by atoms with van der Waals surface area (Å²) in [6.07, 6.45) is 3.63. The summed E-state index contributed by atoms with van der Waals surface area (Å²) < 4.78 is 1.98. The summed E-state index contributed by atoms with van der Waals surface area (Å²) in [4.78, 5) is 20.0. The van der Waals surface area contributed by atoms with Crippen LogP contribution in [0.3, 0.4) is 0 Å². The number of carbonyl (C=O) groups excluding carboxylic acids is 1. The van der Waals surface area contributed by atoms with E-state index in [1.54, 1.807) is 11.6 Å². The molecule has 1 amide bonds. The first-order valence-electron chi connectivity index (χ1n) is 5.61. The highest BCUT2D eigenvalue weighted by molar-refractivity contribution is 7.09. The van der Waals surface area contributed by atoms with Gasteiger partial charge < -0.3 is 15.6 Å². The summed E-state index contributed by atoms with van der Waals surface area (Å²) in [6, 6.07) is 0. The Kier molecular flexibility index (Phi) is 8.40. The molecule has 6 nitrogen and oxygen atoms in total. The number of halogens is 2. The van der Waals surface area contributed by atoms with Gasteiger partial charge in [-0.1, -0.05) is 0 Å². The van der Waals surface area contributed by atoms with E-state index in [0.717, 1.165) is 10.8 Å². The van der Waals surface area contributed by atoms with Gasteiger partial charge in [0.25, 0.3) is 5.91 Å². The van der Waals surface area contributed by atoms with Gasteiger partial charge in [0.05, 0.1) is 0 Å². The van der Waals surface area contributed by atoms with Crippen molar-refractivity contribution in [2.45, 2.75) is 20.0 Å². The summed E-state index contributed by atoms with van der Waals surface area (Å²) >= 11 is 1.40. The minimum atomic E-state index is -0.163. The number of rotatable bonds is 5. The number of aryl methyl sites for hydroxylation is 1. The van der Waals surface area contributed by atoms with Crippen molar-refractivity contribution >= 4 is 42.1 Å². The molecule has 0 saturated heterocycles. The molecule has 2 aromatic heterocycles. The third-order valence-electron chi connectivity index (χ3n) is 2.52. The number of hydrogen-bond donors (Lipinski definition) is 2. The molecule has 2 heterocycles. The summed E-state index contributed by atoms with van der Waals surface area (Å²) in [5, 5.41) is 5.31. The van der Waals surface area contributed by atoms with Gasteiger partial charge in [-0.25, -0.2) is 9.97 Å². The number of nitrogens with zero attached hydrogens (tertiary/aromatic N) is 3. The van der Waals surface area contributed by atoms with Crippen LogP contribution in [0, 0.1) is 6.92 Å². The van der Waals surface area contributed by atoms with Crippen LogP contribution in [-0.2, 0) is 13.1 Å². The number of hydrogen-bond acceptors (Lipinski definition) is 5. The maximum atomic E-state index is 11.8. The van der Waals surface area contributed by atoms with Crippen LogP contribution in [0.25, 0.3) is 0 Å². The van der Waals surface area contributed by atoms with Gasteiger partial charge in [-0.2, -0.15) is 0 Å². The second-order valence-corrected chi connectivity index (χ2v) is 4.70. The Labute approximate surface area is 133 Å². The molecular formula is C11H17Cl2N5OS. The Morgan fingerprint density at radius 2 is 2.25 bits per heavy atom. The molecule has 0 aliphatic carbocycles. The van der Waals surface area contributed by atoms with Crippen LogP contribution in [0.5, 0.6) is 0 Å². The topological polar surface area (TPSA) is 85.8 Å². The number of carbonyl (C=O) groups is 1. The SMILES string of the molecule is Cc1nccn1CCNC(=O)c1csc(CN)n1.Cl.Cl. The number of imidazole rings is 1. The zero-order valence-electron chi connectivity index (χ0n) is 10.9. The first-order valence-corrected chi connectivity index (χ1v) is 6.49. The normalized spacial score (nSPS) is 9.50. The monoisotopic (exact) mass is 337 g/mol. The highest BCUT2D eigenvalue weighted by atomic mass is 35.5. The van der Waals surface area contributed by atoms with Crippen molar-refractivity contribution in [3.05, 3.63) is 34.3 Å². The first-order chi connectivity index (χ1) is 8.70. The fourth-order valence-corrected chi connectivity index (χ4v) is 2.18. The predicted molar refractivity (Wildman–Crippen MR) is 83.8 cm³/mol. The third-order valence-corrected chi connectivity index (χ3v) is 3.39. The number of aromatic nitrogens is 3. The Balaban J connectivity index is 0.00000180. The molecule has 0 fully saturated rings. The van der Waals surface area contributed by atoms with Gasteiger partial charge in [0.15, 0.2) is 0 Å². The Morgan fingerprint density at radius 1 is 1.50 bits per heavy atom. The lowest BCUT2D eigenvalue weighted by atomic mass is 10.4. The lowest BCUT2D eigenvalue weighted by Crippen LogP contribution is -2.27. The average molecular weight is 338 g/mol. The molecule has 3 N–H and O–H groups in total. The van der Waals surface area contributed by atoms with Crippen LogP contribution >= 0.6 is 36.2 Å². The van der Waals surface area contributed by atoms with Crippen LogP contribution < -0.4 is 11.1 Å². The molecule has 9 heteroatoms. The molecule has 0 radical (unpaired) electrons. The molecule has 0 aliphatic heterocycles. The summed E-state index contributed by atoms with van der Waals surface area (Å²) in [5.41, 5.74) is 5.88. The van der Waals surface area contributed by atoms with Crippen molar-refractivity contribution < 1.29 is 4.79 Å². The fourth-order valence-electron chi connectivity index (χ4n) is 1.53. The molecule has 0 atom stereocenters. The van der Waals surface area contributed by atoms with E-state index in [0.29, 0.717) is 25.3 Å². The number of thiazole rings is 1. The molecule has 112 valence electrons. The molecule has 2 aromatic rings. The Morgan fingerprint density at radius 3 is 2.80 bits per heavy atom. The van der Waals surface area contributed by atoms with Gasteiger partial charge in [0, 0.05) is 37.4 Å². The highest BCUT2D eigenvalue weighted by Crippen LogP contribution is 2.08. The largest absolute Gasteiger partial charge is 0.349 e. The van der Waals surface area contributed by atoms with E-state index in [4.69, 9.17) is 5.73 Å². The van der Waals surface area contributed by atoms with E-state index < -0.39 is 0 Å². The van der Waals surface area contributed by atoms with E-state index in [-0.39, 0.29) is 30.7 Å². The van der Waals surface area contributed by atoms with Gasteiger partial charge in [0.1, 0.15) is 16.5 Å². The van der Waals surface area contributed by atoms with Gasteiger partial charge >= 0.3 is 0 Å². The molecule has 0 bridgehead atoms. The molecule has 20 heavy (non-hydrogen) atoms. The molecule has 0 aromatic carbocycles. The highest BCUT2D eigenvalue weighted by Gasteiger charge is 2.09. The van der Waals surface area contributed by atoms with Crippen molar-refractivity contribution in [1.82, 2.24) is 19.9 Å². The zero-order chi connectivity index (χ0) is 13.0. The minimum absolute atomic E-state index is 0. The molecule has 2 rings (SSSR count). The van der Waals surface area contributed by atoms with Gasteiger partial charge in [-0.3, -0.25) is 4.79 Å². The van der Waals surface area contributed by atoms with Crippen molar-refractivity contribution in [3.8, 4) is 0 Å². The van der Waals surface area contributed by atoms with E-state index in [9.17, 15) is 4.79 Å². The maximum Gasteiger partial charge on any atom is 0.270 e. The maximum absolute atomic E-state index is 11.8.